The van der Waals surface area contributed by atoms with Crippen LogP contribution in [0.1, 0.15) is 27.2 Å². The van der Waals surface area contributed by atoms with Gasteiger partial charge in [0.2, 0.25) is 0 Å². The fourth-order valence-corrected chi connectivity index (χ4v) is 3.04. The highest BCUT2D eigenvalue weighted by Gasteiger charge is 2.34. The molecule has 0 saturated carbocycles. The van der Waals surface area contributed by atoms with Crippen molar-refractivity contribution in [1.29, 1.82) is 0 Å². The summed E-state index contributed by atoms with van der Waals surface area (Å²) in [6.07, 6.45) is 0.780. The van der Waals surface area contributed by atoms with Crippen LogP contribution in [0.4, 0.5) is 4.79 Å². The second-order valence-corrected chi connectivity index (χ2v) is 6.75. The standard InChI is InChI=1S/C14H28N4O2/c1-14(2,3)20-13(19)18-12-8-15-5-4-11(12)10-6-16-9-17-7-10/h10-12,15-17H,4-9H2,1-3H3,(H,18,19). The maximum Gasteiger partial charge on any atom is 0.407 e. The normalized spacial score (nSPS) is 28.9. The van der Waals surface area contributed by atoms with Crippen LogP contribution in [0.5, 0.6) is 0 Å². The van der Waals surface area contributed by atoms with Crippen LogP contribution in [0.3, 0.4) is 0 Å². The van der Waals surface area contributed by atoms with Crippen LogP contribution in [-0.4, -0.2) is 50.6 Å². The lowest BCUT2D eigenvalue weighted by atomic mass is 9.80. The number of hydrogen-bond donors (Lipinski definition) is 4. The first-order valence-electron chi connectivity index (χ1n) is 7.57. The van der Waals surface area contributed by atoms with Gasteiger partial charge in [-0.15, -0.1) is 0 Å². The molecular weight excluding hydrogens is 256 g/mol. The molecule has 0 spiro atoms. The Kier molecular flexibility index (Phi) is 5.23. The van der Waals surface area contributed by atoms with Gasteiger partial charge in [-0.2, -0.15) is 0 Å². The smallest absolute Gasteiger partial charge is 0.407 e. The molecule has 2 atom stereocenters. The van der Waals surface area contributed by atoms with Crippen molar-refractivity contribution < 1.29 is 9.53 Å². The summed E-state index contributed by atoms with van der Waals surface area (Å²) in [7, 11) is 0. The maximum absolute atomic E-state index is 12.0. The van der Waals surface area contributed by atoms with Crippen LogP contribution in [0.25, 0.3) is 0 Å². The van der Waals surface area contributed by atoms with E-state index >= 15 is 0 Å². The zero-order valence-electron chi connectivity index (χ0n) is 12.8. The summed E-state index contributed by atoms with van der Waals surface area (Å²) in [6, 6.07) is 0.144. The third-order valence-electron chi connectivity index (χ3n) is 3.91. The Morgan fingerprint density at radius 3 is 2.50 bits per heavy atom. The fraction of sp³-hybridized carbons (Fsp3) is 0.929. The van der Waals surface area contributed by atoms with Crippen LogP contribution in [0.2, 0.25) is 0 Å². The molecule has 0 aliphatic carbocycles. The first kappa shape index (κ1) is 15.5. The summed E-state index contributed by atoms with van der Waals surface area (Å²) >= 11 is 0. The molecule has 2 fully saturated rings. The van der Waals surface area contributed by atoms with Gasteiger partial charge >= 0.3 is 6.09 Å². The molecular formula is C14H28N4O2. The van der Waals surface area contributed by atoms with Gasteiger partial charge in [0.1, 0.15) is 5.60 Å². The highest BCUT2D eigenvalue weighted by molar-refractivity contribution is 5.68. The molecule has 116 valence electrons. The van der Waals surface area contributed by atoms with E-state index < -0.39 is 5.60 Å². The van der Waals surface area contributed by atoms with E-state index in [1.54, 1.807) is 0 Å². The lowest BCUT2D eigenvalue weighted by Crippen LogP contribution is -2.58. The highest BCUT2D eigenvalue weighted by Crippen LogP contribution is 2.23. The second kappa shape index (κ2) is 6.74. The molecule has 2 rings (SSSR count). The van der Waals surface area contributed by atoms with E-state index in [1.807, 2.05) is 20.8 Å². The molecule has 4 N–H and O–H groups in total. The van der Waals surface area contributed by atoms with Crippen LogP contribution in [0, 0.1) is 11.8 Å². The molecule has 2 aliphatic rings. The summed E-state index contributed by atoms with van der Waals surface area (Å²) in [5, 5.41) is 13.1. The Hall–Kier alpha value is -0.850. The van der Waals surface area contributed by atoms with Crippen molar-refractivity contribution in [1.82, 2.24) is 21.3 Å². The molecule has 20 heavy (non-hydrogen) atoms. The van der Waals surface area contributed by atoms with Crippen LogP contribution in [-0.2, 0) is 4.74 Å². The van der Waals surface area contributed by atoms with E-state index in [1.165, 1.54) is 0 Å². The summed E-state index contributed by atoms with van der Waals surface area (Å²) < 4.78 is 5.37. The van der Waals surface area contributed by atoms with Crippen LogP contribution in [0.15, 0.2) is 0 Å². The zero-order valence-corrected chi connectivity index (χ0v) is 12.8. The molecule has 2 unspecified atom stereocenters. The maximum atomic E-state index is 12.0. The third kappa shape index (κ3) is 4.61. The second-order valence-electron chi connectivity index (χ2n) is 6.75. The van der Waals surface area contributed by atoms with Crippen molar-refractivity contribution in [2.24, 2.45) is 11.8 Å². The van der Waals surface area contributed by atoms with Crippen molar-refractivity contribution in [3.05, 3.63) is 0 Å². The lowest BCUT2D eigenvalue weighted by Gasteiger charge is -2.40. The third-order valence-corrected chi connectivity index (χ3v) is 3.91. The average molecular weight is 284 g/mol. The average Bonchev–Trinajstić information content (AvgIpc) is 2.38. The van der Waals surface area contributed by atoms with Gasteiger partial charge in [0, 0.05) is 32.3 Å². The van der Waals surface area contributed by atoms with Gasteiger partial charge in [-0.1, -0.05) is 0 Å². The molecule has 2 aliphatic heterocycles. The minimum absolute atomic E-state index is 0.144. The van der Waals surface area contributed by atoms with Crippen molar-refractivity contribution in [2.45, 2.75) is 38.8 Å². The molecule has 0 aromatic carbocycles. The van der Waals surface area contributed by atoms with Gasteiger partial charge in [0.15, 0.2) is 0 Å². The topological polar surface area (TPSA) is 74.4 Å². The number of carbonyl (C=O) groups excluding carboxylic acids is 1. The first-order chi connectivity index (χ1) is 9.46. The van der Waals surface area contributed by atoms with Crippen molar-refractivity contribution >= 4 is 6.09 Å². The summed E-state index contributed by atoms with van der Waals surface area (Å²) in [5.74, 6) is 1.05. The van der Waals surface area contributed by atoms with Crippen molar-refractivity contribution in [2.75, 3.05) is 32.8 Å². The van der Waals surface area contributed by atoms with Crippen molar-refractivity contribution in [3.63, 3.8) is 0 Å². The SMILES string of the molecule is CC(C)(C)OC(=O)NC1CNCCC1C1CNCNC1. The van der Waals surface area contributed by atoms with Gasteiger partial charge in [-0.05, 0) is 45.6 Å². The number of piperidine rings is 1. The van der Waals surface area contributed by atoms with Crippen LogP contribution >= 0.6 is 0 Å². The number of nitrogens with one attached hydrogen (secondary N) is 4. The predicted octanol–water partition coefficient (Wildman–Crippen LogP) is 0.256. The Balaban J connectivity index is 1.91. The number of rotatable bonds is 2. The predicted molar refractivity (Wildman–Crippen MR) is 78.5 cm³/mol. The van der Waals surface area contributed by atoms with Gasteiger partial charge in [0.05, 0.1) is 0 Å². The Morgan fingerprint density at radius 2 is 1.85 bits per heavy atom. The van der Waals surface area contributed by atoms with Crippen LogP contribution < -0.4 is 21.3 Å². The minimum atomic E-state index is -0.449. The van der Waals surface area contributed by atoms with E-state index in [0.717, 1.165) is 39.3 Å². The Labute approximate surface area is 121 Å². The van der Waals surface area contributed by atoms with E-state index in [9.17, 15) is 4.79 Å². The molecule has 2 saturated heterocycles. The monoisotopic (exact) mass is 284 g/mol. The largest absolute Gasteiger partial charge is 0.444 e. The quantitative estimate of drug-likeness (QED) is 0.585. The molecule has 0 aromatic rings. The fourth-order valence-electron chi connectivity index (χ4n) is 3.04. The summed E-state index contributed by atoms with van der Waals surface area (Å²) in [4.78, 5) is 12.0. The zero-order chi connectivity index (χ0) is 14.6. The molecule has 2 heterocycles. The summed E-state index contributed by atoms with van der Waals surface area (Å²) in [6.45, 7) is 10.4. The molecule has 1 amide bonds. The van der Waals surface area contributed by atoms with Gasteiger partial charge < -0.3 is 26.0 Å². The molecule has 6 nitrogen and oxygen atoms in total. The van der Waals surface area contributed by atoms with Gasteiger partial charge in [0.25, 0.3) is 0 Å². The highest BCUT2D eigenvalue weighted by atomic mass is 16.6. The van der Waals surface area contributed by atoms with E-state index in [0.29, 0.717) is 11.8 Å². The molecule has 0 bridgehead atoms. The molecule has 0 aromatic heterocycles. The number of hydrogen-bond acceptors (Lipinski definition) is 5. The Morgan fingerprint density at radius 1 is 1.15 bits per heavy atom. The van der Waals surface area contributed by atoms with Gasteiger partial charge in [-0.25, -0.2) is 4.79 Å². The number of alkyl carbamates (subject to hydrolysis) is 1. The van der Waals surface area contributed by atoms with Crippen molar-refractivity contribution in [3.8, 4) is 0 Å². The first-order valence-corrected chi connectivity index (χ1v) is 7.57. The number of carbonyl (C=O) groups is 1. The summed E-state index contributed by atoms with van der Waals surface area (Å²) in [5.41, 5.74) is -0.449. The Bertz CT molecular complexity index is 324. The van der Waals surface area contributed by atoms with E-state index in [-0.39, 0.29) is 12.1 Å². The van der Waals surface area contributed by atoms with E-state index in [2.05, 4.69) is 21.3 Å². The number of amides is 1. The van der Waals surface area contributed by atoms with E-state index in [4.69, 9.17) is 4.74 Å². The molecule has 0 radical (unpaired) electrons. The lowest BCUT2D eigenvalue weighted by molar-refractivity contribution is 0.0451. The molecule has 6 heteroatoms. The number of ether oxygens (including phenoxy) is 1. The van der Waals surface area contributed by atoms with Gasteiger partial charge in [-0.3, -0.25) is 0 Å². The minimum Gasteiger partial charge on any atom is -0.444 e.